The van der Waals surface area contributed by atoms with E-state index < -0.39 is 11.4 Å². The summed E-state index contributed by atoms with van der Waals surface area (Å²) in [7, 11) is 0. The van der Waals surface area contributed by atoms with Gasteiger partial charge in [0.1, 0.15) is 0 Å². The molecule has 0 saturated carbocycles. The molecular weight excluding hydrogens is 168 g/mol. The molecule has 64 valence electrons. The number of halogens is 1. The van der Waals surface area contributed by atoms with Gasteiger partial charge in [0, 0.05) is 5.54 Å². The van der Waals surface area contributed by atoms with Crippen LogP contribution in [0.1, 0.15) is 20.8 Å². The van der Waals surface area contributed by atoms with Gasteiger partial charge in [-0.3, -0.25) is 10.1 Å². The third-order valence-corrected chi connectivity index (χ3v) is 0.795. The standard InChI is InChI=1S/C6H11ClN2O2/c1-6(2,3)9-5(11)8-4(7)10/h1-3H3,(H2,8,9,10,11). The van der Waals surface area contributed by atoms with Crippen LogP contribution < -0.4 is 10.6 Å². The summed E-state index contributed by atoms with van der Waals surface area (Å²) < 4.78 is 0. The van der Waals surface area contributed by atoms with E-state index in [1.807, 2.05) is 5.32 Å². The molecule has 0 saturated heterocycles. The summed E-state index contributed by atoms with van der Waals surface area (Å²) in [4.78, 5) is 20.9. The highest BCUT2D eigenvalue weighted by Crippen LogP contribution is 1.97. The van der Waals surface area contributed by atoms with Crippen molar-refractivity contribution < 1.29 is 9.59 Å². The number of carbonyl (C=O) groups is 2. The lowest BCUT2D eigenvalue weighted by molar-refractivity contribution is 0.229. The first kappa shape index (κ1) is 10.2. The largest absolute Gasteiger partial charge is 0.333 e. The number of rotatable bonds is 0. The molecule has 0 aromatic heterocycles. The van der Waals surface area contributed by atoms with Crippen LogP contribution in [-0.2, 0) is 0 Å². The van der Waals surface area contributed by atoms with Gasteiger partial charge in [-0.05, 0) is 32.4 Å². The second-order valence-electron chi connectivity index (χ2n) is 3.10. The Labute approximate surface area is 70.3 Å². The van der Waals surface area contributed by atoms with Crippen molar-refractivity contribution in [1.82, 2.24) is 10.6 Å². The van der Waals surface area contributed by atoms with Crippen molar-refractivity contribution in [3.8, 4) is 0 Å². The van der Waals surface area contributed by atoms with E-state index in [0.29, 0.717) is 0 Å². The van der Waals surface area contributed by atoms with Crippen LogP contribution >= 0.6 is 11.6 Å². The van der Waals surface area contributed by atoms with Gasteiger partial charge < -0.3 is 5.32 Å². The Kier molecular flexibility index (Phi) is 3.32. The molecule has 0 aliphatic carbocycles. The van der Waals surface area contributed by atoms with Gasteiger partial charge in [-0.2, -0.15) is 0 Å². The monoisotopic (exact) mass is 178 g/mol. The average molecular weight is 179 g/mol. The molecule has 0 radical (unpaired) electrons. The van der Waals surface area contributed by atoms with Crippen molar-refractivity contribution in [2.45, 2.75) is 26.3 Å². The molecule has 0 aliphatic rings. The van der Waals surface area contributed by atoms with Gasteiger partial charge in [0.25, 0.3) is 0 Å². The van der Waals surface area contributed by atoms with Gasteiger partial charge in [0.2, 0.25) is 0 Å². The minimum atomic E-state index is -0.883. The van der Waals surface area contributed by atoms with Gasteiger partial charge in [-0.15, -0.1) is 0 Å². The molecule has 11 heavy (non-hydrogen) atoms. The SMILES string of the molecule is CC(C)(C)NC(=O)NC(=O)Cl. The van der Waals surface area contributed by atoms with E-state index in [0.717, 1.165) is 0 Å². The first-order valence-electron chi connectivity index (χ1n) is 3.10. The van der Waals surface area contributed by atoms with Gasteiger partial charge in [0.15, 0.2) is 0 Å². The highest BCUT2D eigenvalue weighted by atomic mass is 35.5. The summed E-state index contributed by atoms with van der Waals surface area (Å²) in [5, 5.41) is 3.49. The molecule has 0 rings (SSSR count). The third-order valence-electron chi connectivity index (χ3n) is 0.700. The Bertz CT molecular complexity index is 174. The van der Waals surface area contributed by atoms with Gasteiger partial charge in [-0.25, -0.2) is 4.79 Å². The van der Waals surface area contributed by atoms with E-state index in [-0.39, 0.29) is 5.54 Å². The van der Waals surface area contributed by atoms with Crippen LogP contribution in [0.2, 0.25) is 0 Å². The number of amides is 3. The maximum atomic E-state index is 10.7. The van der Waals surface area contributed by atoms with Gasteiger partial charge in [0.05, 0.1) is 0 Å². The summed E-state index contributed by atoms with van der Waals surface area (Å²) >= 11 is 4.89. The summed E-state index contributed by atoms with van der Waals surface area (Å²) in [6, 6.07) is -0.586. The van der Waals surface area contributed by atoms with Crippen LogP contribution in [0.25, 0.3) is 0 Å². The lowest BCUT2D eigenvalue weighted by Crippen LogP contribution is -2.47. The molecule has 0 bridgehead atoms. The smallest absolute Gasteiger partial charge is 0.322 e. The van der Waals surface area contributed by atoms with Crippen molar-refractivity contribution in [2.24, 2.45) is 0 Å². The molecule has 5 heteroatoms. The zero-order valence-corrected chi connectivity index (χ0v) is 7.45. The van der Waals surface area contributed by atoms with Crippen LogP contribution in [0.3, 0.4) is 0 Å². The molecule has 4 nitrogen and oxygen atoms in total. The second-order valence-corrected chi connectivity index (χ2v) is 3.45. The summed E-state index contributed by atoms with van der Waals surface area (Å²) in [5.41, 5.74) is -0.365. The van der Waals surface area contributed by atoms with Crippen LogP contribution in [0.5, 0.6) is 0 Å². The Hall–Kier alpha value is -0.770. The Morgan fingerprint density at radius 2 is 1.73 bits per heavy atom. The van der Waals surface area contributed by atoms with E-state index >= 15 is 0 Å². The van der Waals surface area contributed by atoms with Gasteiger partial charge >= 0.3 is 11.4 Å². The number of urea groups is 1. The minimum Gasteiger partial charge on any atom is -0.333 e. The summed E-state index contributed by atoms with van der Waals surface area (Å²) in [5.74, 6) is 0. The van der Waals surface area contributed by atoms with Crippen LogP contribution in [0.15, 0.2) is 0 Å². The molecule has 0 aromatic rings. The van der Waals surface area contributed by atoms with Crippen molar-refractivity contribution >= 4 is 23.0 Å². The van der Waals surface area contributed by atoms with Crippen LogP contribution in [0.4, 0.5) is 9.59 Å². The predicted molar refractivity (Wildman–Crippen MR) is 42.7 cm³/mol. The first-order valence-corrected chi connectivity index (χ1v) is 3.48. The maximum Gasteiger partial charge on any atom is 0.322 e. The lowest BCUT2D eigenvalue weighted by atomic mass is 10.1. The molecule has 0 spiro atoms. The normalized spacial score (nSPS) is 10.5. The fourth-order valence-corrected chi connectivity index (χ4v) is 0.547. The Morgan fingerprint density at radius 3 is 2.00 bits per heavy atom. The Morgan fingerprint density at radius 1 is 1.27 bits per heavy atom. The predicted octanol–water partition coefficient (Wildman–Crippen LogP) is 1.44. The first-order chi connectivity index (χ1) is 4.81. The fraction of sp³-hybridized carbons (Fsp3) is 0.667. The van der Waals surface area contributed by atoms with E-state index in [1.54, 1.807) is 20.8 Å². The topological polar surface area (TPSA) is 58.2 Å². The summed E-state index contributed by atoms with van der Waals surface area (Å²) in [6.45, 7) is 5.39. The van der Waals surface area contributed by atoms with Crippen molar-refractivity contribution in [1.29, 1.82) is 0 Å². The molecule has 0 fully saturated rings. The van der Waals surface area contributed by atoms with Crippen molar-refractivity contribution in [3.63, 3.8) is 0 Å². The van der Waals surface area contributed by atoms with E-state index in [2.05, 4.69) is 5.32 Å². The molecule has 2 N–H and O–H groups in total. The number of imide groups is 1. The quantitative estimate of drug-likeness (QED) is 0.436. The maximum absolute atomic E-state index is 10.7. The molecule has 0 unspecified atom stereocenters. The van der Waals surface area contributed by atoms with E-state index in [1.165, 1.54) is 0 Å². The second kappa shape index (κ2) is 3.57. The zero-order valence-electron chi connectivity index (χ0n) is 6.69. The number of hydrogen-bond donors (Lipinski definition) is 2. The highest BCUT2D eigenvalue weighted by Gasteiger charge is 2.14. The van der Waals surface area contributed by atoms with Gasteiger partial charge in [-0.1, -0.05) is 0 Å². The third kappa shape index (κ3) is 7.12. The summed E-state index contributed by atoms with van der Waals surface area (Å²) in [6.07, 6.45) is 0. The van der Waals surface area contributed by atoms with E-state index in [4.69, 9.17) is 11.6 Å². The van der Waals surface area contributed by atoms with Crippen molar-refractivity contribution in [3.05, 3.63) is 0 Å². The molecule has 0 aromatic carbocycles. The van der Waals surface area contributed by atoms with Crippen LogP contribution in [-0.4, -0.2) is 16.9 Å². The number of hydrogen-bond acceptors (Lipinski definition) is 2. The zero-order chi connectivity index (χ0) is 9.07. The fourth-order valence-electron chi connectivity index (χ4n) is 0.461. The highest BCUT2D eigenvalue weighted by molar-refractivity contribution is 6.64. The molecule has 0 aliphatic heterocycles. The number of carbonyl (C=O) groups excluding carboxylic acids is 2. The lowest BCUT2D eigenvalue weighted by Gasteiger charge is -2.19. The minimum absolute atomic E-state index is 0.365. The molecule has 0 heterocycles. The Balaban J connectivity index is 3.80. The molecular formula is C6H11ClN2O2. The molecule has 0 atom stereocenters. The van der Waals surface area contributed by atoms with Crippen molar-refractivity contribution in [2.75, 3.05) is 0 Å². The van der Waals surface area contributed by atoms with Crippen LogP contribution in [0, 0.1) is 0 Å². The molecule has 3 amide bonds. The average Bonchev–Trinajstić information content (AvgIpc) is 1.53. The number of nitrogens with one attached hydrogen (secondary N) is 2. The van der Waals surface area contributed by atoms with E-state index in [9.17, 15) is 9.59 Å².